The minimum absolute atomic E-state index is 0.175. The molecule has 14 nitrogen and oxygen atoms in total. The molecule has 48 heavy (non-hydrogen) atoms. The lowest BCUT2D eigenvalue weighted by atomic mass is 9.97. The lowest BCUT2D eigenvalue weighted by Gasteiger charge is -2.47. The SMILES string of the molecule is COC[C@H]1O[C@@H](Oc2cc(OC)c3c(=O)cc(-c4ccc(OC)cc4)oc3c2)[C@H](O[C@@H]2OC[C@@H](OC)[C@H](OC)[C@H]2OC)[C@@H](OC)[C@@H]1OC. The fraction of sp³-hybridized carbons (Fsp3) is 0.559. The average Bonchev–Trinajstić information content (AvgIpc) is 3.11. The number of benzene rings is 2. The fourth-order valence-electron chi connectivity index (χ4n) is 6.21. The molecule has 5 rings (SSSR count). The lowest BCUT2D eigenvalue weighted by molar-refractivity contribution is -0.352. The van der Waals surface area contributed by atoms with E-state index in [1.54, 1.807) is 79.1 Å². The van der Waals surface area contributed by atoms with Gasteiger partial charge in [0.25, 0.3) is 0 Å². The molecule has 3 aromatic rings. The third-order valence-corrected chi connectivity index (χ3v) is 8.60. The predicted molar refractivity (Wildman–Crippen MR) is 171 cm³/mol. The summed E-state index contributed by atoms with van der Waals surface area (Å²) in [6.07, 6.45) is -6.40. The number of hydrogen-bond acceptors (Lipinski definition) is 14. The number of fused-ring (bicyclic) bond motifs is 1. The van der Waals surface area contributed by atoms with Crippen LogP contribution in [0.5, 0.6) is 17.2 Å². The van der Waals surface area contributed by atoms with E-state index in [2.05, 4.69) is 0 Å². The van der Waals surface area contributed by atoms with Gasteiger partial charge < -0.3 is 61.3 Å². The average molecular weight is 677 g/mol. The molecular formula is C34H44O14. The number of hydrogen-bond donors (Lipinski definition) is 0. The van der Waals surface area contributed by atoms with Gasteiger partial charge in [0.1, 0.15) is 70.6 Å². The Morgan fingerprint density at radius 2 is 1.42 bits per heavy atom. The number of ether oxygens (including phenoxy) is 12. The first-order chi connectivity index (χ1) is 23.3. The van der Waals surface area contributed by atoms with Gasteiger partial charge in [0.05, 0.1) is 27.4 Å². The molecule has 0 saturated carbocycles. The highest BCUT2D eigenvalue weighted by molar-refractivity contribution is 5.86. The van der Waals surface area contributed by atoms with Gasteiger partial charge in [-0.05, 0) is 24.3 Å². The molecule has 264 valence electrons. The summed E-state index contributed by atoms with van der Waals surface area (Å²) in [6.45, 7) is 0.363. The summed E-state index contributed by atoms with van der Waals surface area (Å²) in [5, 5.41) is 0.253. The van der Waals surface area contributed by atoms with Gasteiger partial charge in [-0.25, -0.2) is 0 Å². The van der Waals surface area contributed by atoms with Crippen LogP contribution < -0.4 is 19.6 Å². The molecular weight excluding hydrogens is 632 g/mol. The highest BCUT2D eigenvalue weighted by atomic mass is 16.8. The van der Waals surface area contributed by atoms with Crippen molar-refractivity contribution in [2.45, 2.75) is 55.3 Å². The first kappa shape index (κ1) is 36.0. The zero-order valence-corrected chi connectivity index (χ0v) is 28.4. The van der Waals surface area contributed by atoms with E-state index in [-0.39, 0.29) is 47.2 Å². The Balaban J connectivity index is 1.53. The molecule has 0 amide bonds. The van der Waals surface area contributed by atoms with Crippen LogP contribution in [0.25, 0.3) is 22.3 Å². The molecule has 0 bridgehead atoms. The van der Waals surface area contributed by atoms with Crippen LogP contribution in [0.2, 0.25) is 0 Å². The molecule has 2 fully saturated rings. The standard InChI is InChI=1S/C34H44O14/c1-36-16-26-29(41-6)30(42-7)32(48-33-31(43-8)28(40-5)25(39-4)17-44-33)34(47-26)45-20-13-23(38-3)27-21(35)15-22(46-24(27)14-20)18-9-11-19(37-2)12-10-18/h9-15,25-26,28-34H,16-17H2,1-8H3/t25-,26-,28+,29-,30+,31-,32-,33+,34-/m1/s1. The molecule has 2 aromatic carbocycles. The molecule has 3 heterocycles. The van der Waals surface area contributed by atoms with Crippen molar-refractivity contribution in [1.82, 2.24) is 0 Å². The van der Waals surface area contributed by atoms with Crippen LogP contribution in [-0.4, -0.2) is 125 Å². The highest BCUT2D eigenvalue weighted by Crippen LogP contribution is 2.36. The molecule has 2 aliphatic rings. The van der Waals surface area contributed by atoms with Crippen LogP contribution >= 0.6 is 0 Å². The summed E-state index contributed by atoms with van der Waals surface area (Å²) in [4.78, 5) is 13.3. The van der Waals surface area contributed by atoms with Gasteiger partial charge in [0, 0.05) is 66.4 Å². The topological polar surface area (TPSA) is 141 Å². The lowest BCUT2D eigenvalue weighted by Crippen LogP contribution is -2.65. The third kappa shape index (κ3) is 7.32. The van der Waals surface area contributed by atoms with E-state index in [0.29, 0.717) is 17.1 Å². The van der Waals surface area contributed by atoms with Crippen molar-refractivity contribution in [1.29, 1.82) is 0 Å². The van der Waals surface area contributed by atoms with Gasteiger partial charge in [-0.1, -0.05) is 0 Å². The molecule has 2 saturated heterocycles. The molecule has 0 radical (unpaired) electrons. The van der Waals surface area contributed by atoms with Crippen LogP contribution in [0, 0.1) is 0 Å². The van der Waals surface area contributed by atoms with E-state index in [0.717, 1.165) is 0 Å². The first-order valence-corrected chi connectivity index (χ1v) is 15.4. The maximum atomic E-state index is 13.3. The van der Waals surface area contributed by atoms with Crippen molar-refractivity contribution >= 4 is 11.0 Å². The van der Waals surface area contributed by atoms with E-state index in [1.165, 1.54) is 20.3 Å². The Morgan fingerprint density at radius 1 is 0.708 bits per heavy atom. The molecule has 1 aromatic heterocycles. The van der Waals surface area contributed by atoms with Gasteiger partial charge in [-0.3, -0.25) is 4.79 Å². The monoisotopic (exact) mass is 676 g/mol. The smallest absolute Gasteiger partial charge is 0.229 e. The minimum atomic E-state index is -1.10. The maximum Gasteiger partial charge on any atom is 0.229 e. The number of methoxy groups -OCH3 is 8. The van der Waals surface area contributed by atoms with Crippen molar-refractivity contribution in [2.75, 3.05) is 70.1 Å². The summed E-state index contributed by atoms with van der Waals surface area (Å²) in [6, 6.07) is 11.8. The predicted octanol–water partition coefficient (Wildman–Crippen LogP) is 3.04. The van der Waals surface area contributed by atoms with Crippen molar-refractivity contribution in [3.63, 3.8) is 0 Å². The molecule has 0 N–H and O–H groups in total. The van der Waals surface area contributed by atoms with Gasteiger partial charge in [-0.15, -0.1) is 0 Å². The Hall–Kier alpha value is -3.31. The van der Waals surface area contributed by atoms with Crippen LogP contribution in [-0.2, 0) is 42.6 Å². The van der Waals surface area contributed by atoms with Crippen molar-refractivity contribution in [2.24, 2.45) is 0 Å². The molecule has 9 atom stereocenters. The second-order valence-electron chi connectivity index (χ2n) is 11.2. The summed E-state index contributed by atoms with van der Waals surface area (Å²) in [5.41, 5.74) is 0.640. The Kier molecular flexibility index (Phi) is 12.3. The van der Waals surface area contributed by atoms with Crippen molar-refractivity contribution < 1.29 is 61.3 Å². The summed E-state index contributed by atoms with van der Waals surface area (Å²) >= 11 is 0. The van der Waals surface area contributed by atoms with E-state index < -0.39 is 49.2 Å². The van der Waals surface area contributed by atoms with Gasteiger partial charge in [0.2, 0.25) is 6.29 Å². The largest absolute Gasteiger partial charge is 0.497 e. The summed E-state index contributed by atoms with van der Waals surface area (Å²) in [7, 11) is 12.4. The fourth-order valence-corrected chi connectivity index (χ4v) is 6.21. The summed E-state index contributed by atoms with van der Waals surface area (Å²) < 4.78 is 76.9. The van der Waals surface area contributed by atoms with Gasteiger partial charge >= 0.3 is 0 Å². The van der Waals surface area contributed by atoms with E-state index in [9.17, 15) is 4.79 Å². The quantitative estimate of drug-likeness (QED) is 0.247. The number of rotatable bonds is 14. The van der Waals surface area contributed by atoms with Crippen LogP contribution in [0.15, 0.2) is 51.7 Å². The Morgan fingerprint density at radius 3 is 2.02 bits per heavy atom. The molecule has 2 aliphatic heterocycles. The van der Waals surface area contributed by atoms with Gasteiger partial charge in [-0.2, -0.15) is 0 Å². The van der Waals surface area contributed by atoms with Crippen LogP contribution in [0.4, 0.5) is 0 Å². The van der Waals surface area contributed by atoms with E-state index in [4.69, 9.17) is 61.3 Å². The Labute approximate surface area is 278 Å². The normalized spacial score (nSPS) is 29.1. The molecule has 0 spiro atoms. The zero-order valence-electron chi connectivity index (χ0n) is 28.4. The van der Waals surface area contributed by atoms with Crippen LogP contribution in [0.1, 0.15) is 0 Å². The maximum absolute atomic E-state index is 13.3. The van der Waals surface area contributed by atoms with E-state index in [1.807, 2.05) is 0 Å². The first-order valence-electron chi connectivity index (χ1n) is 15.4. The van der Waals surface area contributed by atoms with Crippen molar-refractivity contribution in [3.8, 4) is 28.6 Å². The minimum Gasteiger partial charge on any atom is -0.497 e. The third-order valence-electron chi connectivity index (χ3n) is 8.60. The molecule has 14 heteroatoms. The Bertz CT molecular complexity index is 1530. The second-order valence-corrected chi connectivity index (χ2v) is 11.2. The van der Waals surface area contributed by atoms with Crippen LogP contribution in [0.3, 0.4) is 0 Å². The van der Waals surface area contributed by atoms with Gasteiger partial charge in [0.15, 0.2) is 17.8 Å². The van der Waals surface area contributed by atoms with Crippen molar-refractivity contribution in [3.05, 3.63) is 52.7 Å². The highest BCUT2D eigenvalue weighted by Gasteiger charge is 2.52. The summed E-state index contributed by atoms with van der Waals surface area (Å²) in [5.74, 6) is 1.55. The molecule has 0 aliphatic carbocycles. The second kappa shape index (κ2) is 16.4. The zero-order chi connectivity index (χ0) is 34.4. The molecule has 0 unspecified atom stereocenters. The van der Waals surface area contributed by atoms with E-state index >= 15 is 0 Å².